The molecule has 0 aliphatic carbocycles. The highest BCUT2D eigenvalue weighted by atomic mass is 16.5. The number of hydrogen-bond donors (Lipinski definition) is 0. The fraction of sp³-hybridized carbons (Fsp3) is 0.167. The Balaban J connectivity index is 1.79. The van der Waals surface area contributed by atoms with Crippen molar-refractivity contribution in [2.45, 2.75) is 12.5 Å². The zero-order chi connectivity index (χ0) is 14.7. The molecule has 0 radical (unpaired) electrons. The average molecular weight is 280 g/mol. The van der Waals surface area contributed by atoms with Crippen molar-refractivity contribution in [2.24, 2.45) is 0 Å². The summed E-state index contributed by atoms with van der Waals surface area (Å²) in [5.41, 5.74) is 2.70. The van der Waals surface area contributed by atoms with E-state index >= 15 is 0 Å². The minimum absolute atomic E-state index is 0.178. The Hall–Kier alpha value is -2.55. The van der Waals surface area contributed by atoms with Crippen molar-refractivity contribution in [1.29, 1.82) is 0 Å². The standard InChI is InChI=1S/C18H16O3/c1-20-16-9-7-13(8-10-16)11-15-12-17(21-18(15)19)14-5-3-2-4-6-14/h2-11,17H,12H2,1H3/b15-11-. The third kappa shape index (κ3) is 2.97. The Kier molecular flexibility index (Phi) is 3.73. The SMILES string of the molecule is COc1ccc(/C=C2/CC(c3ccccc3)OC2=O)cc1. The lowest BCUT2D eigenvalue weighted by Gasteiger charge is -2.07. The first-order valence-corrected chi connectivity index (χ1v) is 6.87. The minimum Gasteiger partial charge on any atom is -0.497 e. The molecule has 3 rings (SSSR count). The summed E-state index contributed by atoms with van der Waals surface area (Å²) in [6.45, 7) is 0. The van der Waals surface area contributed by atoms with Crippen LogP contribution in [0.25, 0.3) is 6.08 Å². The Morgan fingerprint density at radius 2 is 1.81 bits per heavy atom. The van der Waals surface area contributed by atoms with Gasteiger partial charge in [-0.1, -0.05) is 42.5 Å². The highest BCUT2D eigenvalue weighted by Crippen LogP contribution is 2.33. The van der Waals surface area contributed by atoms with Gasteiger partial charge >= 0.3 is 5.97 Å². The lowest BCUT2D eigenvalue weighted by molar-refractivity contribution is -0.139. The fourth-order valence-corrected chi connectivity index (χ4v) is 2.40. The van der Waals surface area contributed by atoms with Crippen LogP contribution in [0, 0.1) is 0 Å². The first-order chi connectivity index (χ1) is 10.3. The molecule has 1 heterocycles. The van der Waals surface area contributed by atoms with Gasteiger partial charge < -0.3 is 9.47 Å². The van der Waals surface area contributed by atoms with E-state index in [1.807, 2.05) is 60.7 Å². The first kappa shape index (κ1) is 13.4. The highest BCUT2D eigenvalue weighted by Gasteiger charge is 2.29. The molecule has 0 spiro atoms. The molecule has 1 aliphatic rings. The van der Waals surface area contributed by atoms with E-state index in [1.54, 1.807) is 7.11 Å². The molecule has 1 unspecified atom stereocenters. The van der Waals surface area contributed by atoms with Crippen LogP contribution in [0.3, 0.4) is 0 Å². The maximum Gasteiger partial charge on any atom is 0.334 e. The maximum atomic E-state index is 12.0. The van der Waals surface area contributed by atoms with Gasteiger partial charge in [0.2, 0.25) is 0 Å². The monoisotopic (exact) mass is 280 g/mol. The van der Waals surface area contributed by atoms with E-state index in [4.69, 9.17) is 9.47 Å². The molecule has 1 atom stereocenters. The Morgan fingerprint density at radius 1 is 1.10 bits per heavy atom. The van der Waals surface area contributed by atoms with E-state index in [1.165, 1.54) is 0 Å². The molecule has 0 amide bonds. The van der Waals surface area contributed by atoms with E-state index in [0.717, 1.165) is 16.9 Å². The summed E-state index contributed by atoms with van der Waals surface area (Å²) in [4.78, 5) is 12.0. The lowest BCUT2D eigenvalue weighted by atomic mass is 10.0. The predicted octanol–water partition coefficient (Wildman–Crippen LogP) is 3.77. The highest BCUT2D eigenvalue weighted by molar-refractivity contribution is 5.95. The Bertz CT molecular complexity index is 657. The summed E-state index contributed by atoms with van der Waals surface area (Å²) in [5.74, 6) is 0.563. The van der Waals surface area contributed by atoms with Crippen LogP contribution < -0.4 is 4.74 Å². The summed E-state index contributed by atoms with van der Waals surface area (Å²) < 4.78 is 10.6. The van der Waals surface area contributed by atoms with Gasteiger partial charge in [-0.25, -0.2) is 4.79 Å². The number of rotatable bonds is 3. The average Bonchev–Trinajstić information content (AvgIpc) is 2.90. The molecule has 2 aromatic rings. The smallest absolute Gasteiger partial charge is 0.334 e. The van der Waals surface area contributed by atoms with Crippen molar-refractivity contribution in [2.75, 3.05) is 7.11 Å². The molecule has 106 valence electrons. The third-order valence-electron chi connectivity index (χ3n) is 3.54. The predicted molar refractivity (Wildman–Crippen MR) is 80.9 cm³/mol. The number of esters is 1. The van der Waals surface area contributed by atoms with E-state index < -0.39 is 0 Å². The van der Waals surface area contributed by atoms with E-state index in [2.05, 4.69) is 0 Å². The van der Waals surface area contributed by atoms with Gasteiger partial charge in [0.15, 0.2) is 0 Å². The van der Waals surface area contributed by atoms with Crippen LogP contribution in [0.4, 0.5) is 0 Å². The topological polar surface area (TPSA) is 35.5 Å². The van der Waals surface area contributed by atoms with Crippen molar-refractivity contribution in [3.05, 3.63) is 71.3 Å². The summed E-state index contributed by atoms with van der Waals surface area (Å²) in [6.07, 6.45) is 2.31. The molecule has 21 heavy (non-hydrogen) atoms. The van der Waals surface area contributed by atoms with Crippen molar-refractivity contribution < 1.29 is 14.3 Å². The number of hydrogen-bond acceptors (Lipinski definition) is 3. The van der Waals surface area contributed by atoms with E-state index in [9.17, 15) is 4.79 Å². The van der Waals surface area contributed by atoms with Gasteiger partial charge in [0, 0.05) is 12.0 Å². The molecule has 0 bridgehead atoms. The normalized spacial score (nSPS) is 19.6. The Morgan fingerprint density at radius 3 is 2.48 bits per heavy atom. The van der Waals surface area contributed by atoms with Crippen LogP contribution in [-0.2, 0) is 9.53 Å². The number of cyclic esters (lactones) is 1. The Labute approximate surface area is 123 Å². The van der Waals surface area contributed by atoms with Gasteiger partial charge in [0.25, 0.3) is 0 Å². The van der Waals surface area contributed by atoms with Crippen molar-refractivity contribution in [1.82, 2.24) is 0 Å². The van der Waals surface area contributed by atoms with Crippen LogP contribution in [0.2, 0.25) is 0 Å². The van der Waals surface area contributed by atoms with Crippen LogP contribution in [0.1, 0.15) is 23.7 Å². The minimum atomic E-state index is -0.236. The largest absolute Gasteiger partial charge is 0.497 e. The molecule has 0 saturated carbocycles. The van der Waals surface area contributed by atoms with Crippen molar-refractivity contribution >= 4 is 12.0 Å². The zero-order valence-corrected chi connectivity index (χ0v) is 11.8. The van der Waals surface area contributed by atoms with E-state index in [-0.39, 0.29) is 12.1 Å². The second kappa shape index (κ2) is 5.83. The van der Waals surface area contributed by atoms with Gasteiger partial charge in [0.05, 0.1) is 7.11 Å². The fourth-order valence-electron chi connectivity index (χ4n) is 2.40. The third-order valence-corrected chi connectivity index (χ3v) is 3.54. The molecule has 3 nitrogen and oxygen atoms in total. The van der Waals surface area contributed by atoms with Crippen LogP contribution in [-0.4, -0.2) is 13.1 Å². The van der Waals surface area contributed by atoms with Gasteiger partial charge in [-0.15, -0.1) is 0 Å². The van der Waals surface area contributed by atoms with Crippen LogP contribution in [0.15, 0.2) is 60.2 Å². The van der Waals surface area contributed by atoms with Gasteiger partial charge in [0.1, 0.15) is 11.9 Å². The molecule has 1 aliphatic heterocycles. The quantitative estimate of drug-likeness (QED) is 0.634. The summed E-state index contributed by atoms with van der Waals surface area (Å²) in [6, 6.07) is 17.4. The van der Waals surface area contributed by atoms with Gasteiger partial charge in [-0.3, -0.25) is 0 Å². The van der Waals surface area contributed by atoms with Crippen molar-refractivity contribution in [3.8, 4) is 5.75 Å². The number of ether oxygens (including phenoxy) is 2. The molecule has 3 heteroatoms. The second-order valence-electron chi connectivity index (χ2n) is 4.95. The summed E-state index contributed by atoms with van der Waals surface area (Å²) in [5, 5.41) is 0. The lowest BCUT2D eigenvalue weighted by Crippen LogP contribution is -1.98. The summed E-state index contributed by atoms with van der Waals surface area (Å²) in [7, 11) is 1.63. The molecule has 1 fully saturated rings. The summed E-state index contributed by atoms with van der Waals surface area (Å²) >= 11 is 0. The molecular weight excluding hydrogens is 264 g/mol. The zero-order valence-electron chi connectivity index (χ0n) is 11.8. The van der Waals surface area contributed by atoms with Crippen LogP contribution in [0.5, 0.6) is 5.75 Å². The van der Waals surface area contributed by atoms with E-state index in [0.29, 0.717) is 12.0 Å². The molecule has 1 saturated heterocycles. The maximum absolute atomic E-state index is 12.0. The molecule has 2 aromatic carbocycles. The van der Waals surface area contributed by atoms with Crippen molar-refractivity contribution in [3.63, 3.8) is 0 Å². The molecular formula is C18H16O3. The first-order valence-electron chi connectivity index (χ1n) is 6.87. The molecule has 0 aromatic heterocycles. The second-order valence-corrected chi connectivity index (χ2v) is 4.95. The number of carbonyl (C=O) groups excluding carboxylic acids is 1. The van der Waals surface area contributed by atoms with Gasteiger partial charge in [-0.2, -0.15) is 0 Å². The number of methoxy groups -OCH3 is 1. The number of benzene rings is 2. The van der Waals surface area contributed by atoms with Gasteiger partial charge in [-0.05, 0) is 29.3 Å². The van der Waals surface area contributed by atoms with Crippen LogP contribution >= 0.6 is 0 Å². The number of carbonyl (C=O) groups is 1. The molecule has 0 N–H and O–H groups in total.